The van der Waals surface area contributed by atoms with Gasteiger partial charge < -0.3 is 4.90 Å². The average Bonchev–Trinajstić information content (AvgIpc) is 2.90. The number of para-hydroxylation sites is 2. The molecule has 3 aromatic rings. The first kappa shape index (κ1) is 19.8. The Hall–Kier alpha value is -3.11. The van der Waals surface area contributed by atoms with Gasteiger partial charge in [-0.3, -0.25) is 14.5 Å². The van der Waals surface area contributed by atoms with E-state index in [-0.39, 0.29) is 17.9 Å². The van der Waals surface area contributed by atoms with Crippen molar-refractivity contribution in [2.24, 2.45) is 0 Å². The van der Waals surface area contributed by atoms with Crippen LogP contribution in [-0.4, -0.2) is 23.2 Å². The second kappa shape index (κ2) is 7.24. The van der Waals surface area contributed by atoms with Crippen LogP contribution in [0.1, 0.15) is 34.8 Å². The van der Waals surface area contributed by atoms with Crippen LogP contribution in [-0.2, 0) is 10.3 Å². The highest BCUT2D eigenvalue weighted by Gasteiger charge is 2.63. The van der Waals surface area contributed by atoms with Gasteiger partial charge in [-0.05, 0) is 50.1 Å². The van der Waals surface area contributed by atoms with Crippen LogP contribution in [0.2, 0.25) is 0 Å². The number of amides is 2. The zero-order chi connectivity index (χ0) is 21.8. The summed E-state index contributed by atoms with van der Waals surface area (Å²) < 4.78 is 0. The zero-order valence-corrected chi connectivity index (χ0v) is 18.2. The van der Waals surface area contributed by atoms with Crippen molar-refractivity contribution in [3.8, 4) is 0 Å². The smallest absolute Gasteiger partial charge is 0.258 e. The third-order valence-corrected chi connectivity index (χ3v) is 7.02. The molecule has 0 saturated carbocycles. The molecular weight excluding hydrogens is 408 g/mol. The molecule has 156 valence electrons. The Labute approximate surface area is 187 Å². The van der Waals surface area contributed by atoms with E-state index in [2.05, 4.69) is 0 Å². The molecule has 1 saturated heterocycles. The van der Waals surface area contributed by atoms with E-state index in [9.17, 15) is 9.59 Å². The number of alkyl halides is 1. The van der Waals surface area contributed by atoms with Gasteiger partial charge in [0.05, 0.1) is 11.4 Å². The fourth-order valence-corrected chi connectivity index (χ4v) is 5.40. The highest BCUT2D eigenvalue weighted by atomic mass is 35.5. The highest BCUT2D eigenvalue weighted by molar-refractivity contribution is 6.38. The standard InChI is InChI=1S/C26H23ClN2O2/c1-17-12-14-20(15-13-17)26-16-18(2)28(24(30)19-8-4-3-5-9-19)21-10-6-7-11-22(21)29(26)25(31)23(26)27/h3-15,18,23H,16H2,1-2H3/t18-,23-,26+/m0/s1. The number of benzene rings is 3. The van der Waals surface area contributed by atoms with Gasteiger partial charge in [0.15, 0.2) is 0 Å². The third-order valence-electron chi connectivity index (χ3n) is 6.48. The molecule has 2 amide bonds. The SMILES string of the molecule is Cc1ccc([C@@]23C[C@H](C)N(C(=O)c4ccccc4)c4ccccc4N2C(=O)[C@@H]3Cl)cc1. The zero-order valence-electron chi connectivity index (χ0n) is 17.5. The molecule has 2 aliphatic rings. The van der Waals surface area contributed by atoms with Gasteiger partial charge in [0.2, 0.25) is 5.91 Å². The van der Waals surface area contributed by atoms with E-state index in [0.717, 1.165) is 22.5 Å². The molecule has 2 heterocycles. The maximum absolute atomic E-state index is 13.6. The molecule has 5 rings (SSSR count). The molecular formula is C26H23ClN2O2. The van der Waals surface area contributed by atoms with Crippen LogP contribution < -0.4 is 9.80 Å². The summed E-state index contributed by atoms with van der Waals surface area (Å²) in [4.78, 5) is 30.3. The molecule has 3 atom stereocenters. The van der Waals surface area contributed by atoms with Gasteiger partial charge in [-0.25, -0.2) is 0 Å². The Morgan fingerprint density at radius 3 is 2.23 bits per heavy atom. The van der Waals surface area contributed by atoms with E-state index < -0.39 is 10.9 Å². The van der Waals surface area contributed by atoms with Crippen molar-refractivity contribution in [2.75, 3.05) is 9.80 Å². The Kier molecular flexibility index (Phi) is 4.63. The van der Waals surface area contributed by atoms with Crippen molar-refractivity contribution in [1.29, 1.82) is 0 Å². The first-order valence-electron chi connectivity index (χ1n) is 10.5. The highest BCUT2D eigenvalue weighted by Crippen LogP contribution is 2.55. The van der Waals surface area contributed by atoms with Gasteiger partial charge in [0.1, 0.15) is 10.9 Å². The number of carbonyl (C=O) groups excluding carboxylic acids is 2. The Morgan fingerprint density at radius 2 is 1.55 bits per heavy atom. The summed E-state index contributed by atoms with van der Waals surface area (Å²) in [6.07, 6.45) is 0.545. The van der Waals surface area contributed by atoms with Gasteiger partial charge in [0.25, 0.3) is 5.91 Å². The number of rotatable bonds is 2. The van der Waals surface area contributed by atoms with Gasteiger partial charge in [-0.15, -0.1) is 11.6 Å². The number of hydrogen-bond acceptors (Lipinski definition) is 2. The summed E-state index contributed by atoms with van der Waals surface area (Å²) in [5.74, 6) is -0.212. The van der Waals surface area contributed by atoms with Crippen LogP contribution in [0.4, 0.5) is 11.4 Å². The molecule has 0 unspecified atom stereocenters. The van der Waals surface area contributed by atoms with Gasteiger partial charge in [-0.2, -0.15) is 0 Å². The summed E-state index contributed by atoms with van der Waals surface area (Å²) in [5.41, 5.74) is 3.51. The molecule has 1 fully saturated rings. The van der Waals surface area contributed by atoms with Crippen molar-refractivity contribution >= 4 is 34.8 Å². The van der Waals surface area contributed by atoms with Crippen LogP contribution in [0.15, 0.2) is 78.9 Å². The average molecular weight is 431 g/mol. The molecule has 0 radical (unpaired) electrons. The summed E-state index contributed by atoms with van der Waals surface area (Å²) >= 11 is 6.76. The lowest BCUT2D eigenvalue weighted by Crippen LogP contribution is -2.71. The lowest BCUT2D eigenvalue weighted by Gasteiger charge is -2.55. The van der Waals surface area contributed by atoms with Crippen LogP contribution >= 0.6 is 11.6 Å². The molecule has 0 aromatic heterocycles. The molecule has 31 heavy (non-hydrogen) atoms. The summed E-state index contributed by atoms with van der Waals surface area (Å²) in [7, 11) is 0. The fourth-order valence-electron chi connectivity index (χ4n) is 4.99. The number of anilines is 2. The van der Waals surface area contributed by atoms with Gasteiger partial charge >= 0.3 is 0 Å². The van der Waals surface area contributed by atoms with Crippen molar-refractivity contribution in [3.05, 3.63) is 95.6 Å². The lowest BCUT2D eigenvalue weighted by molar-refractivity contribution is -0.127. The van der Waals surface area contributed by atoms with Crippen molar-refractivity contribution in [3.63, 3.8) is 0 Å². The lowest BCUT2D eigenvalue weighted by atomic mass is 9.72. The van der Waals surface area contributed by atoms with E-state index in [1.807, 2.05) is 97.6 Å². The van der Waals surface area contributed by atoms with Gasteiger partial charge in [0, 0.05) is 11.6 Å². The molecule has 0 N–H and O–H groups in total. The summed E-state index contributed by atoms with van der Waals surface area (Å²) in [6, 6.07) is 24.9. The first-order chi connectivity index (χ1) is 14.9. The number of aryl methyl sites for hydroxylation is 1. The van der Waals surface area contributed by atoms with Crippen LogP contribution in [0.5, 0.6) is 0 Å². The minimum atomic E-state index is -0.701. The molecule has 2 aliphatic heterocycles. The molecule has 0 spiro atoms. The number of fused-ring (bicyclic) bond motifs is 3. The van der Waals surface area contributed by atoms with Crippen LogP contribution in [0, 0.1) is 6.92 Å². The second-order valence-electron chi connectivity index (χ2n) is 8.41. The molecule has 3 aromatic carbocycles. The van der Waals surface area contributed by atoms with Crippen molar-refractivity contribution in [1.82, 2.24) is 0 Å². The largest absolute Gasteiger partial charge is 0.303 e. The van der Waals surface area contributed by atoms with E-state index in [1.54, 1.807) is 4.90 Å². The molecule has 5 heteroatoms. The predicted molar refractivity (Wildman–Crippen MR) is 124 cm³/mol. The van der Waals surface area contributed by atoms with E-state index in [1.165, 1.54) is 0 Å². The second-order valence-corrected chi connectivity index (χ2v) is 8.85. The summed E-state index contributed by atoms with van der Waals surface area (Å²) in [6.45, 7) is 4.07. The monoisotopic (exact) mass is 430 g/mol. The van der Waals surface area contributed by atoms with Crippen LogP contribution in [0.3, 0.4) is 0 Å². The number of carbonyl (C=O) groups is 2. The molecule has 0 aliphatic carbocycles. The first-order valence-corrected chi connectivity index (χ1v) is 10.9. The van der Waals surface area contributed by atoms with E-state index >= 15 is 0 Å². The topological polar surface area (TPSA) is 40.6 Å². The van der Waals surface area contributed by atoms with Crippen molar-refractivity contribution in [2.45, 2.75) is 37.2 Å². The number of halogens is 1. The Morgan fingerprint density at radius 1 is 0.935 bits per heavy atom. The van der Waals surface area contributed by atoms with Gasteiger partial charge in [-0.1, -0.05) is 60.2 Å². The fraction of sp³-hybridized carbons (Fsp3) is 0.231. The molecule has 0 bridgehead atoms. The normalized spacial score (nSPS) is 24.7. The Balaban J connectivity index is 1.70. The predicted octanol–water partition coefficient (Wildman–Crippen LogP) is 5.28. The minimum Gasteiger partial charge on any atom is -0.303 e. The number of β-lactam (4-membered cyclic amide) rings is 1. The van der Waals surface area contributed by atoms with E-state index in [4.69, 9.17) is 11.6 Å². The number of nitrogens with zero attached hydrogens (tertiary/aromatic N) is 2. The quantitative estimate of drug-likeness (QED) is 0.409. The van der Waals surface area contributed by atoms with Crippen molar-refractivity contribution < 1.29 is 9.59 Å². The maximum atomic E-state index is 13.6. The maximum Gasteiger partial charge on any atom is 0.258 e. The third kappa shape index (κ3) is 2.82. The Bertz CT molecular complexity index is 1160. The molecule has 4 nitrogen and oxygen atoms in total. The van der Waals surface area contributed by atoms with Crippen LogP contribution in [0.25, 0.3) is 0 Å². The minimum absolute atomic E-state index is 0.0827. The number of hydrogen-bond donors (Lipinski definition) is 0. The summed E-state index contributed by atoms with van der Waals surface area (Å²) in [5, 5.41) is -0.683. The van der Waals surface area contributed by atoms with E-state index in [0.29, 0.717) is 12.0 Å².